The van der Waals surface area contributed by atoms with E-state index in [-0.39, 0.29) is 11.6 Å². The number of amides is 1. The third-order valence-corrected chi connectivity index (χ3v) is 4.02. The summed E-state index contributed by atoms with van der Waals surface area (Å²) in [7, 11) is 2.89. The Morgan fingerprint density at radius 3 is 2.25 bits per heavy atom. The average molecular weight is 379 g/mol. The Morgan fingerprint density at radius 2 is 1.71 bits per heavy atom. The molecule has 0 saturated carbocycles. The Labute approximate surface area is 163 Å². The summed E-state index contributed by atoms with van der Waals surface area (Å²) < 4.78 is 9.75. The molecule has 0 radical (unpaired) electrons. The first-order valence-corrected chi connectivity index (χ1v) is 8.48. The summed E-state index contributed by atoms with van der Waals surface area (Å²) >= 11 is 0. The highest BCUT2D eigenvalue weighted by Gasteiger charge is 2.14. The molecule has 0 aromatic heterocycles. The zero-order chi connectivity index (χ0) is 20.5. The molecule has 144 valence electrons. The van der Waals surface area contributed by atoms with E-state index in [1.807, 2.05) is 25.1 Å². The molecule has 0 spiro atoms. The lowest BCUT2D eigenvalue weighted by Gasteiger charge is -2.14. The maximum atomic E-state index is 12.4. The minimum Gasteiger partial charge on any atom is -0.497 e. The lowest BCUT2D eigenvalue weighted by atomic mass is 10.1. The first-order valence-electron chi connectivity index (χ1n) is 8.48. The molecule has 0 aliphatic rings. The van der Waals surface area contributed by atoms with Gasteiger partial charge < -0.3 is 20.1 Å². The molecule has 0 heterocycles. The van der Waals surface area contributed by atoms with Gasteiger partial charge in [0.2, 0.25) is 0 Å². The maximum Gasteiger partial charge on any atom is 0.337 e. The Hall–Kier alpha value is -3.79. The lowest BCUT2D eigenvalue weighted by molar-refractivity contribution is -0.117. The molecule has 1 amide bonds. The van der Waals surface area contributed by atoms with Crippen molar-refractivity contribution in [2.45, 2.75) is 13.0 Å². The van der Waals surface area contributed by atoms with E-state index in [9.17, 15) is 14.9 Å². The number of nitriles is 1. The van der Waals surface area contributed by atoms with Crippen molar-refractivity contribution < 1.29 is 19.1 Å². The van der Waals surface area contributed by atoms with Crippen LogP contribution in [0.15, 0.2) is 60.3 Å². The molecular weight excluding hydrogens is 358 g/mol. The third-order valence-electron chi connectivity index (χ3n) is 4.02. The average Bonchev–Trinajstić information content (AvgIpc) is 2.74. The van der Waals surface area contributed by atoms with Gasteiger partial charge in [0.05, 0.1) is 25.8 Å². The SMILES string of the molecule is COC(=O)c1ccc(N/C=C(/C#N)C(=O)NC(C)c2ccc(OC)cc2)cc1. The van der Waals surface area contributed by atoms with Crippen molar-refractivity contribution in [1.82, 2.24) is 5.32 Å². The van der Waals surface area contributed by atoms with E-state index in [4.69, 9.17) is 4.74 Å². The molecule has 1 unspecified atom stereocenters. The van der Waals surface area contributed by atoms with Crippen molar-refractivity contribution in [1.29, 1.82) is 5.26 Å². The number of methoxy groups -OCH3 is 2. The van der Waals surface area contributed by atoms with Gasteiger partial charge in [0.1, 0.15) is 17.4 Å². The van der Waals surface area contributed by atoms with Crippen LogP contribution in [-0.4, -0.2) is 26.1 Å². The van der Waals surface area contributed by atoms with Gasteiger partial charge in [-0.3, -0.25) is 4.79 Å². The predicted molar refractivity (Wildman–Crippen MR) is 105 cm³/mol. The molecule has 2 N–H and O–H groups in total. The van der Waals surface area contributed by atoms with Crippen LogP contribution in [0.4, 0.5) is 5.69 Å². The summed E-state index contributed by atoms with van der Waals surface area (Å²) in [6.45, 7) is 1.83. The van der Waals surface area contributed by atoms with E-state index in [0.29, 0.717) is 11.3 Å². The summed E-state index contributed by atoms with van der Waals surface area (Å²) in [5.74, 6) is -0.210. The second kappa shape index (κ2) is 9.78. The summed E-state index contributed by atoms with van der Waals surface area (Å²) in [6, 6.07) is 15.4. The second-order valence-corrected chi connectivity index (χ2v) is 5.85. The number of carbonyl (C=O) groups excluding carboxylic acids is 2. The number of ether oxygens (including phenoxy) is 2. The molecule has 0 aliphatic carbocycles. The summed E-state index contributed by atoms with van der Waals surface area (Å²) in [4.78, 5) is 23.8. The molecule has 28 heavy (non-hydrogen) atoms. The van der Waals surface area contributed by atoms with Gasteiger partial charge >= 0.3 is 5.97 Å². The number of esters is 1. The number of benzene rings is 2. The highest BCUT2D eigenvalue weighted by atomic mass is 16.5. The van der Waals surface area contributed by atoms with Crippen LogP contribution in [0.3, 0.4) is 0 Å². The van der Waals surface area contributed by atoms with Crippen LogP contribution in [-0.2, 0) is 9.53 Å². The normalized spacial score (nSPS) is 11.7. The lowest BCUT2D eigenvalue weighted by Crippen LogP contribution is -2.28. The van der Waals surface area contributed by atoms with Crippen molar-refractivity contribution in [2.24, 2.45) is 0 Å². The van der Waals surface area contributed by atoms with Crippen LogP contribution in [0.5, 0.6) is 5.75 Å². The van der Waals surface area contributed by atoms with Crippen molar-refractivity contribution >= 4 is 17.6 Å². The van der Waals surface area contributed by atoms with E-state index in [1.165, 1.54) is 13.3 Å². The zero-order valence-electron chi connectivity index (χ0n) is 15.9. The van der Waals surface area contributed by atoms with Crippen molar-refractivity contribution in [3.05, 3.63) is 71.4 Å². The van der Waals surface area contributed by atoms with Gasteiger partial charge in [-0.15, -0.1) is 0 Å². The number of rotatable bonds is 7. The Kier molecular flexibility index (Phi) is 7.17. The van der Waals surface area contributed by atoms with Gasteiger partial charge in [0.15, 0.2) is 0 Å². The monoisotopic (exact) mass is 379 g/mol. The van der Waals surface area contributed by atoms with Crippen molar-refractivity contribution in [2.75, 3.05) is 19.5 Å². The molecule has 7 nitrogen and oxygen atoms in total. The van der Waals surface area contributed by atoms with Gasteiger partial charge in [0.25, 0.3) is 5.91 Å². The van der Waals surface area contributed by atoms with Gasteiger partial charge in [-0.25, -0.2) is 4.79 Å². The first kappa shape index (κ1) is 20.5. The number of anilines is 1. The highest BCUT2D eigenvalue weighted by molar-refractivity contribution is 5.97. The van der Waals surface area contributed by atoms with Crippen LogP contribution in [0.2, 0.25) is 0 Å². The highest BCUT2D eigenvalue weighted by Crippen LogP contribution is 2.17. The predicted octanol–water partition coefficient (Wildman–Crippen LogP) is 3.18. The van der Waals surface area contributed by atoms with Crippen LogP contribution in [0, 0.1) is 11.3 Å². The molecule has 2 aromatic rings. The summed E-state index contributed by atoms with van der Waals surface area (Å²) in [5, 5.41) is 14.9. The summed E-state index contributed by atoms with van der Waals surface area (Å²) in [5.41, 5.74) is 1.84. The molecule has 2 rings (SSSR count). The van der Waals surface area contributed by atoms with Crippen molar-refractivity contribution in [3.8, 4) is 11.8 Å². The minimum absolute atomic E-state index is 0.0718. The van der Waals surface area contributed by atoms with Gasteiger partial charge in [-0.1, -0.05) is 12.1 Å². The zero-order valence-corrected chi connectivity index (χ0v) is 15.9. The number of nitrogens with one attached hydrogen (secondary N) is 2. The van der Waals surface area contributed by atoms with Gasteiger partial charge in [-0.2, -0.15) is 5.26 Å². The van der Waals surface area contributed by atoms with E-state index in [2.05, 4.69) is 15.4 Å². The number of hydrogen-bond donors (Lipinski definition) is 2. The molecule has 1 atom stereocenters. The summed E-state index contributed by atoms with van der Waals surface area (Å²) in [6.07, 6.45) is 1.32. The van der Waals surface area contributed by atoms with Crippen molar-refractivity contribution in [3.63, 3.8) is 0 Å². The van der Waals surface area contributed by atoms with Crippen LogP contribution < -0.4 is 15.4 Å². The number of carbonyl (C=O) groups is 2. The standard InChI is InChI=1S/C21H21N3O4/c1-14(15-6-10-19(27-2)11-7-15)24-20(25)17(12-22)13-23-18-8-4-16(5-9-18)21(26)28-3/h4-11,13-14,23H,1-3H3,(H,24,25)/b17-13-. The number of nitrogens with zero attached hydrogens (tertiary/aromatic N) is 1. The van der Waals surface area contributed by atoms with Crippen LogP contribution in [0.25, 0.3) is 0 Å². The molecule has 0 aliphatic heterocycles. The Balaban J connectivity index is 2.01. The fraction of sp³-hybridized carbons (Fsp3) is 0.190. The van der Waals surface area contributed by atoms with E-state index < -0.39 is 11.9 Å². The van der Waals surface area contributed by atoms with E-state index in [1.54, 1.807) is 43.5 Å². The van der Waals surface area contributed by atoms with Crippen LogP contribution >= 0.6 is 0 Å². The molecule has 0 saturated heterocycles. The third kappa shape index (κ3) is 5.35. The molecule has 0 bridgehead atoms. The topological polar surface area (TPSA) is 100 Å². The maximum absolute atomic E-state index is 12.4. The van der Waals surface area contributed by atoms with Crippen LogP contribution in [0.1, 0.15) is 28.9 Å². The Morgan fingerprint density at radius 1 is 1.07 bits per heavy atom. The molecule has 2 aromatic carbocycles. The second-order valence-electron chi connectivity index (χ2n) is 5.85. The quantitative estimate of drug-likeness (QED) is 0.435. The minimum atomic E-state index is -0.496. The van der Waals surface area contributed by atoms with Gasteiger partial charge in [0, 0.05) is 11.9 Å². The first-order chi connectivity index (χ1) is 13.5. The fourth-order valence-electron chi connectivity index (χ4n) is 2.37. The Bertz CT molecular complexity index is 897. The smallest absolute Gasteiger partial charge is 0.337 e. The van der Waals surface area contributed by atoms with E-state index >= 15 is 0 Å². The molecule has 0 fully saturated rings. The molecule has 7 heteroatoms. The van der Waals surface area contributed by atoms with Gasteiger partial charge in [-0.05, 0) is 48.9 Å². The molecular formula is C21H21N3O4. The van der Waals surface area contributed by atoms with E-state index in [0.717, 1.165) is 11.3 Å². The number of hydrogen-bond acceptors (Lipinski definition) is 6. The fourth-order valence-corrected chi connectivity index (χ4v) is 2.37. The largest absolute Gasteiger partial charge is 0.497 e.